The van der Waals surface area contributed by atoms with E-state index in [9.17, 15) is 4.79 Å². The summed E-state index contributed by atoms with van der Waals surface area (Å²) in [6.45, 7) is 6.14. The molecule has 1 N–H and O–H groups in total. The second kappa shape index (κ2) is 12.8. The number of allylic oxidation sites excluding steroid dienone is 2. The van der Waals surface area contributed by atoms with Gasteiger partial charge in [-0.3, -0.25) is 4.90 Å². The fourth-order valence-corrected chi connectivity index (χ4v) is 6.27. The van der Waals surface area contributed by atoms with Crippen LogP contribution in [0.25, 0.3) is 0 Å². The summed E-state index contributed by atoms with van der Waals surface area (Å²) < 4.78 is 12.4. The second-order valence-electron chi connectivity index (χ2n) is 11.9. The smallest absolute Gasteiger partial charge is 0.408 e. The Bertz CT molecular complexity index is 1060. The molecule has 3 aliphatic heterocycles. The monoisotopic (exact) mass is 516 g/mol. The van der Waals surface area contributed by atoms with Gasteiger partial charge in [-0.1, -0.05) is 80.8 Å². The van der Waals surface area contributed by atoms with E-state index in [0.717, 1.165) is 55.8 Å². The molecule has 3 saturated heterocycles. The maximum atomic E-state index is 13.1. The van der Waals surface area contributed by atoms with Crippen LogP contribution in [0.15, 0.2) is 66.7 Å². The van der Waals surface area contributed by atoms with Crippen LogP contribution in [0, 0.1) is 11.3 Å². The van der Waals surface area contributed by atoms with Gasteiger partial charge in [-0.15, -0.1) is 0 Å². The van der Waals surface area contributed by atoms with Crippen molar-refractivity contribution in [1.29, 1.82) is 0 Å². The number of benzene rings is 2. The summed E-state index contributed by atoms with van der Waals surface area (Å²) in [6.07, 6.45) is 15.2. The number of carbonyl (C=O) groups excluding carboxylic acids is 1. The van der Waals surface area contributed by atoms with E-state index in [2.05, 4.69) is 53.6 Å². The summed E-state index contributed by atoms with van der Waals surface area (Å²) >= 11 is 0. The van der Waals surface area contributed by atoms with Crippen LogP contribution in [0.1, 0.15) is 81.9 Å². The van der Waals surface area contributed by atoms with Gasteiger partial charge in [-0.25, -0.2) is 4.79 Å². The Balaban J connectivity index is 1.27. The average Bonchev–Trinajstić information content (AvgIpc) is 2.95. The lowest BCUT2D eigenvalue weighted by Gasteiger charge is -2.43. The highest BCUT2D eigenvalue weighted by atomic mass is 16.6. The zero-order valence-corrected chi connectivity index (χ0v) is 22.9. The van der Waals surface area contributed by atoms with E-state index in [1.54, 1.807) is 0 Å². The third kappa shape index (κ3) is 7.19. The highest BCUT2D eigenvalue weighted by Crippen LogP contribution is 2.33. The molecule has 1 amide bonds. The first-order valence-electron chi connectivity index (χ1n) is 14.7. The molecule has 3 fully saturated rings. The molecule has 1 aliphatic carbocycles. The van der Waals surface area contributed by atoms with E-state index in [1.165, 1.54) is 38.5 Å². The van der Waals surface area contributed by atoms with E-state index in [4.69, 9.17) is 9.47 Å². The summed E-state index contributed by atoms with van der Waals surface area (Å²) in [5.74, 6) is 1.33. The van der Waals surface area contributed by atoms with E-state index >= 15 is 0 Å². The summed E-state index contributed by atoms with van der Waals surface area (Å²) in [6, 6.07) is 18.0. The van der Waals surface area contributed by atoms with Crippen molar-refractivity contribution >= 4 is 6.09 Å². The number of piperidine rings is 3. The van der Waals surface area contributed by atoms with Crippen LogP contribution >= 0.6 is 0 Å². The number of fused-ring (bicyclic) bond motifs is 3. The standard InChI is InChI=1S/C33H44N2O3/c1-33(19-10-5-3-2-4-6-11-20-33)25-37-29-16-12-15-28(23-29)31(27-13-8-7-9-14-27)34-32(36)38-30-24-35-21-17-26(30)18-22-35/h5,7-10,12-16,23,26,30-31H,2-4,6,11,17-22,24-25H2,1H3,(H,34,36). The number of alkyl carbamates (subject to hydrolysis) is 1. The molecule has 3 atom stereocenters. The number of hydrogen-bond acceptors (Lipinski definition) is 4. The average molecular weight is 517 g/mol. The molecule has 2 aromatic rings. The van der Waals surface area contributed by atoms with Gasteiger partial charge in [-0.2, -0.15) is 0 Å². The number of rotatable bonds is 7. The van der Waals surface area contributed by atoms with Crippen LogP contribution in [0.5, 0.6) is 5.75 Å². The fraction of sp³-hybridized carbons (Fsp3) is 0.545. The van der Waals surface area contributed by atoms with Crippen LogP contribution < -0.4 is 10.1 Å². The second-order valence-corrected chi connectivity index (χ2v) is 11.9. The lowest BCUT2D eigenvalue weighted by atomic mass is 9.81. The molecule has 3 unspecified atom stereocenters. The minimum absolute atomic E-state index is 0.0179. The van der Waals surface area contributed by atoms with Crippen molar-refractivity contribution in [3.63, 3.8) is 0 Å². The molecule has 6 rings (SSSR count). The lowest BCUT2D eigenvalue weighted by molar-refractivity contribution is -0.0336. The van der Waals surface area contributed by atoms with Gasteiger partial charge in [0.1, 0.15) is 11.9 Å². The molecule has 204 valence electrons. The largest absolute Gasteiger partial charge is 0.493 e. The number of nitrogens with zero attached hydrogens (tertiary/aromatic N) is 1. The van der Waals surface area contributed by atoms with Crippen LogP contribution in [0.3, 0.4) is 0 Å². The highest BCUT2D eigenvalue weighted by molar-refractivity contribution is 5.69. The fourth-order valence-electron chi connectivity index (χ4n) is 6.27. The number of hydrogen-bond donors (Lipinski definition) is 1. The third-order valence-corrected chi connectivity index (χ3v) is 8.71. The van der Waals surface area contributed by atoms with E-state index < -0.39 is 0 Å². The first-order valence-corrected chi connectivity index (χ1v) is 14.7. The molecule has 4 aliphatic rings. The Kier molecular flexibility index (Phi) is 9.06. The molecule has 2 aromatic carbocycles. The van der Waals surface area contributed by atoms with Crippen molar-refractivity contribution < 1.29 is 14.3 Å². The van der Waals surface area contributed by atoms with Gasteiger partial charge >= 0.3 is 6.09 Å². The molecule has 0 spiro atoms. The van der Waals surface area contributed by atoms with Gasteiger partial charge in [-0.05, 0) is 80.8 Å². The van der Waals surface area contributed by atoms with E-state index in [0.29, 0.717) is 12.5 Å². The van der Waals surface area contributed by atoms with Gasteiger partial charge in [0.05, 0.1) is 12.6 Å². The van der Waals surface area contributed by atoms with Crippen molar-refractivity contribution in [2.45, 2.75) is 76.9 Å². The Morgan fingerprint density at radius 1 is 1.00 bits per heavy atom. The number of ether oxygens (including phenoxy) is 2. The maximum Gasteiger partial charge on any atom is 0.408 e. The highest BCUT2D eigenvalue weighted by Gasteiger charge is 2.37. The van der Waals surface area contributed by atoms with Crippen molar-refractivity contribution in [2.75, 3.05) is 26.2 Å². The summed E-state index contributed by atoms with van der Waals surface area (Å²) in [5, 5.41) is 3.18. The van der Waals surface area contributed by atoms with Gasteiger partial charge in [0, 0.05) is 12.0 Å². The molecular formula is C33H44N2O3. The quantitative estimate of drug-likeness (QED) is 0.393. The normalized spacial score (nSPS) is 28.3. The number of amides is 1. The number of carbonyl (C=O) groups is 1. The van der Waals surface area contributed by atoms with Crippen LogP contribution in [-0.4, -0.2) is 43.3 Å². The Hall–Kier alpha value is -2.79. The Morgan fingerprint density at radius 3 is 2.58 bits per heavy atom. The SMILES string of the molecule is CC1(COc2cccc(C(NC(=O)OC3CN4CCC3CC4)c3ccccc3)c2)CC=CCCCCCC1. The van der Waals surface area contributed by atoms with Crippen molar-refractivity contribution in [3.05, 3.63) is 77.9 Å². The predicted molar refractivity (Wildman–Crippen MR) is 152 cm³/mol. The van der Waals surface area contributed by atoms with E-state index in [-0.39, 0.29) is 23.7 Å². The lowest BCUT2D eigenvalue weighted by Crippen LogP contribution is -2.52. The Morgan fingerprint density at radius 2 is 1.79 bits per heavy atom. The molecule has 5 nitrogen and oxygen atoms in total. The molecule has 5 heteroatoms. The summed E-state index contributed by atoms with van der Waals surface area (Å²) in [4.78, 5) is 15.5. The zero-order chi connectivity index (χ0) is 26.2. The first kappa shape index (κ1) is 26.8. The summed E-state index contributed by atoms with van der Waals surface area (Å²) in [7, 11) is 0. The van der Waals surface area contributed by atoms with Crippen molar-refractivity contribution in [1.82, 2.24) is 10.2 Å². The van der Waals surface area contributed by atoms with Gasteiger partial charge in [0.2, 0.25) is 0 Å². The van der Waals surface area contributed by atoms with Crippen molar-refractivity contribution in [3.8, 4) is 5.75 Å². The molecule has 38 heavy (non-hydrogen) atoms. The maximum absolute atomic E-state index is 13.1. The van der Waals surface area contributed by atoms with Crippen LogP contribution in [0.4, 0.5) is 4.79 Å². The molecule has 0 saturated carbocycles. The minimum atomic E-state index is -0.343. The van der Waals surface area contributed by atoms with Gasteiger partial charge < -0.3 is 14.8 Å². The van der Waals surface area contributed by atoms with Crippen LogP contribution in [-0.2, 0) is 4.74 Å². The topological polar surface area (TPSA) is 50.8 Å². The molecule has 0 radical (unpaired) electrons. The molecule has 3 heterocycles. The van der Waals surface area contributed by atoms with Gasteiger partial charge in [0.15, 0.2) is 0 Å². The summed E-state index contributed by atoms with van der Waals surface area (Å²) in [5.41, 5.74) is 2.15. The Labute approximate surface area is 228 Å². The zero-order valence-electron chi connectivity index (χ0n) is 22.9. The molecular weight excluding hydrogens is 472 g/mol. The minimum Gasteiger partial charge on any atom is -0.493 e. The van der Waals surface area contributed by atoms with Crippen LogP contribution in [0.2, 0.25) is 0 Å². The predicted octanol–water partition coefficient (Wildman–Crippen LogP) is 7.28. The first-order chi connectivity index (χ1) is 18.6. The van der Waals surface area contributed by atoms with Gasteiger partial charge in [0.25, 0.3) is 0 Å². The number of nitrogens with one attached hydrogen (secondary N) is 1. The van der Waals surface area contributed by atoms with E-state index in [1.807, 2.05) is 30.3 Å². The molecule has 0 aromatic heterocycles. The third-order valence-electron chi connectivity index (χ3n) is 8.71. The molecule has 2 bridgehead atoms. The van der Waals surface area contributed by atoms with Crippen molar-refractivity contribution in [2.24, 2.45) is 11.3 Å².